The second kappa shape index (κ2) is 11.7. The molecule has 3 aromatic rings. The Morgan fingerprint density at radius 3 is 1.88 bits per heavy atom. The fraction of sp³-hybridized carbons (Fsp3) is 0.200. The Morgan fingerprint density at radius 1 is 0.825 bits per heavy atom. The molecule has 0 atom stereocenters. The van der Waals surface area contributed by atoms with Crippen LogP contribution >= 0.6 is 0 Å². The minimum atomic E-state index is -4.74. The van der Waals surface area contributed by atoms with Crippen molar-refractivity contribution in [2.45, 2.75) is 37.7 Å². The zero-order valence-electron chi connectivity index (χ0n) is 20.7. The average Bonchev–Trinajstić information content (AvgIpc) is 3.42. The Bertz CT molecular complexity index is 1440. The number of benzene rings is 3. The zero-order valence-corrected chi connectivity index (χ0v) is 20.7. The fourth-order valence-electron chi connectivity index (χ4n) is 4.68. The van der Waals surface area contributed by atoms with Gasteiger partial charge in [0.15, 0.2) is 11.7 Å². The molecule has 4 rings (SSSR count). The van der Waals surface area contributed by atoms with Gasteiger partial charge in [0.1, 0.15) is 34.6 Å². The van der Waals surface area contributed by atoms with Crippen LogP contribution in [0.2, 0.25) is 0 Å². The summed E-state index contributed by atoms with van der Waals surface area (Å²) in [6.07, 6.45) is -0.775. The first-order valence-electron chi connectivity index (χ1n) is 12.1. The van der Waals surface area contributed by atoms with Gasteiger partial charge in [0.2, 0.25) is 0 Å². The lowest BCUT2D eigenvalue weighted by atomic mass is 9.94. The third-order valence-corrected chi connectivity index (χ3v) is 6.61. The molecule has 0 spiro atoms. The third-order valence-electron chi connectivity index (χ3n) is 6.61. The van der Waals surface area contributed by atoms with Gasteiger partial charge in [-0.1, -0.05) is 43.7 Å². The summed E-state index contributed by atoms with van der Waals surface area (Å²) in [5, 5.41) is 0. The molecule has 0 aromatic heterocycles. The van der Waals surface area contributed by atoms with Crippen LogP contribution in [0.15, 0.2) is 79.2 Å². The predicted molar refractivity (Wildman–Crippen MR) is 132 cm³/mol. The standard InChI is InChI=1S/C30H21F9O/c1-16(32)23(33)12-21(15-31)28-24(34)13-22(14-25(28)35)40-30(38,39)29-26(36)10-20(11-27(29)37)19-8-6-18(7-9-19)17-4-2-3-5-17/h6-15,17H,1-5H2/b21-15+,23-12+. The van der Waals surface area contributed by atoms with Crippen LogP contribution in [0, 0.1) is 23.3 Å². The molecule has 0 aliphatic heterocycles. The van der Waals surface area contributed by atoms with Crippen LogP contribution in [-0.4, -0.2) is 0 Å². The number of halogens is 9. The largest absolute Gasteiger partial charge is 0.432 e. The van der Waals surface area contributed by atoms with Gasteiger partial charge < -0.3 is 4.74 Å². The number of hydrogen-bond donors (Lipinski definition) is 0. The monoisotopic (exact) mass is 568 g/mol. The molecule has 0 heterocycles. The van der Waals surface area contributed by atoms with Crippen LogP contribution in [0.3, 0.4) is 0 Å². The lowest BCUT2D eigenvalue weighted by Gasteiger charge is -2.20. The second-order valence-electron chi connectivity index (χ2n) is 9.26. The summed E-state index contributed by atoms with van der Waals surface area (Å²) in [6, 6.07) is 8.61. The molecule has 1 fully saturated rings. The van der Waals surface area contributed by atoms with Crippen LogP contribution in [0.4, 0.5) is 39.5 Å². The minimum absolute atomic E-state index is 0.0178. The average molecular weight is 568 g/mol. The van der Waals surface area contributed by atoms with Gasteiger partial charge in [0, 0.05) is 17.7 Å². The van der Waals surface area contributed by atoms with Crippen LogP contribution in [-0.2, 0) is 6.11 Å². The third kappa shape index (κ3) is 6.11. The molecule has 0 radical (unpaired) electrons. The Labute approximate surface area is 223 Å². The van der Waals surface area contributed by atoms with Gasteiger partial charge >= 0.3 is 6.11 Å². The molecule has 1 saturated carbocycles. The number of rotatable bonds is 8. The molecule has 10 heteroatoms. The van der Waals surface area contributed by atoms with Crippen molar-refractivity contribution < 1.29 is 44.3 Å². The Morgan fingerprint density at radius 2 is 1.38 bits per heavy atom. The molecule has 0 bridgehead atoms. The highest BCUT2D eigenvalue weighted by atomic mass is 19.3. The summed E-state index contributed by atoms with van der Waals surface area (Å²) in [5.74, 6) is -11.0. The molecule has 0 saturated heterocycles. The summed E-state index contributed by atoms with van der Waals surface area (Å²) < 4.78 is 132. The Hall–Kier alpha value is -3.95. The maximum atomic E-state index is 14.8. The van der Waals surface area contributed by atoms with Crippen molar-refractivity contribution in [3.8, 4) is 16.9 Å². The molecule has 1 aliphatic rings. The number of allylic oxidation sites excluding steroid dienone is 4. The summed E-state index contributed by atoms with van der Waals surface area (Å²) >= 11 is 0. The van der Waals surface area contributed by atoms with Crippen molar-refractivity contribution >= 4 is 5.57 Å². The minimum Gasteiger partial charge on any atom is -0.429 e. The summed E-state index contributed by atoms with van der Waals surface area (Å²) in [7, 11) is 0. The van der Waals surface area contributed by atoms with Gasteiger partial charge in [-0.05, 0) is 53.7 Å². The molecule has 40 heavy (non-hydrogen) atoms. The van der Waals surface area contributed by atoms with E-state index in [1.807, 2.05) is 12.1 Å². The van der Waals surface area contributed by atoms with E-state index in [0.717, 1.165) is 31.2 Å². The fourth-order valence-corrected chi connectivity index (χ4v) is 4.68. The maximum Gasteiger partial charge on any atom is 0.432 e. The molecule has 1 aliphatic carbocycles. The highest BCUT2D eigenvalue weighted by molar-refractivity contribution is 5.75. The van der Waals surface area contributed by atoms with E-state index in [-0.39, 0.29) is 23.8 Å². The van der Waals surface area contributed by atoms with E-state index in [1.165, 1.54) is 0 Å². The van der Waals surface area contributed by atoms with E-state index >= 15 is 0 Å². The zero-order chi connectivity index (χ0) is 29.2. The summed E-state index contributed by atoms with van der Waals surface area (Å²) in [6.45, 7) is 2.61. The molecule has 1 nitrogen and oxygen atoms in total. The van der Waals surface area contributed by atoms with Gasteiger partial charge in [-0.2, -0.15) is 8.78 Å². The van der Waals surface area contributed by atoms with Crippen molar-refractivity contribution in [2.75, 3.05) is 0 Å². The molecular formula is C30H21F9O. The van der Waals surface area contributed by atoms with Crippen molar-refractivity contribution in [3.05, 3.63) is 119 Å². The van der Waals surface area contributed by atoms with E-state index in [0.29, 0.717) is 23.6 Å². The maximum absolute atomic E-state index is 14.8. The van der Waals surface area contributed by atoms with Gasteiger partial charge in [-0.25, -0.2) is 30.7 Å². The summed E-state index contributed by atoms with van der Waals surface area (Å²) in [5.41, 5.74) is -2.72. The first-order chi connectivity index (χ1) is 18.9. The van der Waals surface area contributed by atoms with Crippen LogP contribution < -0.4 is 4.74 Å². The van der Waals surface area contributed by atoms with E-state index < -0.39 is 69.8 Å². The van der Waals surface area contributed by atoms with Gasteiger partial charge in [0.25, 0.3) is 0 Å². The molecule has 210 valence electrons. The van der Waals surface area contributed by atoms with Gasteiger partial charge in [-0.3, -0.25) is 0 Å². The quantitative estimate of drug-likeness (QED) is 0.194. The highest BCUT2D eigenvalue weighted by Crippen LogP contribution is 2.39. The van der Waals surface area contributed by atoms with E-state index in [9.17, 15) is 39.5 Å². The molecule has 0 amide bonds. The predicted octanol–water partition coefficient (Wildman–Crippen LogP) is 10.3. The smallest absolute Gasteiger partial charge is 0.429 e. The van der Waals surface area contributed by atoms with E-state index in [2.05, 4.69) is 11.3 Å². The van der Waals surface area contributed by atoms with Crippen LogP contribution in [0.5, 0.6) is 5.75 Å². The first-order valence-corrected chi connectivity index (χ1v) is 12.1. The molecule has 0 unspecified atom stereocenters. The van der Waals surface area contributed by atoms with Gasteiger partial charge in [-0.15, -0.1) is 0 Å². The van der Waals surface area contributed by atoms with E-state index in [1.54, 1.807) is 12.1 Å². The summed E-state index contributed by atoms with van der Waals surface area (Å²) in [4.78, 5) is 0. The van der Waals surface area contributed by atoms with E-state index in [4.69, 9.17) is 0 Å². The van der Waals surface area contributed by atoms with Crippen molar-refractivity contribution in [2.24, 2.45) is 0 Å². The van der Waals surface area contributed by atoms with Crippen molar-refractivity contribution in [1.29, 1.82) is 0 Å². The number of ether oxygens (including phenoxy) is 1. The first kappa shape index (κ1) is 29.0. The second-order valence-corrected chi connectivity index (χ2v) is 9.26. The lowest BCUT2D eigenvalue weighted by molar-refractivity contribution is -0.189. The van der Waals surface area contributed by atoms with Crippen LogP contribution in [0.1, 0.15) is 48.3 Å². The molecule has 3 aromatic carbocycles. The normalized spacial score (nSPS) is 15.0. The number of hydrogen-bond acceptors (Lipinski definition) is 1. The Balaban J connectivity index is 1.60. The number of alkyl halides is 2. The molecular weight excluding hydrogens is 547 g/mol. The van der Waals surface area contributed by atoms with Crippen molar-refractivity contribution in [1.82, 2.24) is 0 Å². The lowest BCUT2D eigenvalue weighted by Crippen LogP contribution is -2.25. The topological polar surface area (TPSA) is 9.23 Å². The molecule has 0 N–H and O–H groups in total. The van der Waals surface area contributed by atoms with Crippen molar-refractivity contribution in [3.63, 3.8) is 0 Å². The SMILES string of the molecule is C=C(F)/C(F)=C\C(=C/F)c1c(F)cc(OC(F)(F)c2c(F)cc(-c3ccc(C4CCCC4)cc3)cc2F)cc1F. The Kier molecular flexibility index (Phi) is 8.46. The van der Waals surface area contributed by atoms with Gasteiger partial charge in [0.05, 0.1) is 11.9 Å². The highest BCUT2D eigenvalue weighted by Gasteiger charge is 2.41. The van der Waals surface area contributed by atoms with Crippen LogP contribution in [0.25, 0.3) is 16.7 Å².